The fourth-order valence-corrected chi connectivity index (χ4v) is 15.5. The van der Waals surface area contributed by atoms with Crippen molar-refractivity contribution in [2.75, 3.05) is 19.8 Å². The van der Waals surface area contributed by atoms with E-state index in [1.165, 1.54) is 82.3 Å². The van der Waals surface area contributed by atoms with E-state index in [-0.39, 0.29) is 35.7 Å². The third-order valence-corrected chi connectivity index (χ3v) is 21.4. The van der Waals surface area contributed by atoms with Crippen molar-refractivity contribution in [3.8, 4) is 17.2 Å². The first-order valence-corrected chi connectivity index (χ1v) is 38.9. The Morgan fingerprint density at radius 3 is 1.06 bits per heavy atom. The zero-order valence-electron chi connectivity index (χ0n) is 61.4. The predicted molar refractivity (Wildman–Crippen MR) is 379 cm³/mol. The molecule has 38 heteroatoms. The summed E-state index contributed by atoms with van der Waals surface area (Å²) in [4.78, 5) is 99.9. The quantitative estimate of drug-likeness (QED) is 0.0170. The fourth-order valence-electron chi connectivity index (χ4n) is 11.0. The summed E-state index contributed by atoms with van der Waals surface area (Å²) in [5.41, 5.74) is -5.65. The molecule has 9 rings (SSSR count). The molecule has 0 aromatic heterocycles. The van der Waals surface area contributed by atoms with Crippen LogP contribution in [0, 0.1) is 0 Å². The van der Waals surface area contributed by atoms with Gasteiger partial charge in [0.05, 0.1) is 57.4 Å². The molecule has 0 aliphatic carbocycles. The summed E-state index contributed by atoms with van der Waals surface area (Å²) in [6.07, 6.45) is -7.17. The van der Waals surface area contributed by atoms with Gasteiger partial charge in [0.2, 0.25) is 17.7 Å². The number of ketones is 2. The van der Waals surface area contributed by atoms with Gasteiger partial charge in [0.1, 0.15) is 83.2 Å². The lowest BCUT2D eigenvalue weighted by Gasteiger charge is -2.35. The maximum atomic E-state index is 15.5. The maximum Gasteiger partial charge on any atom is 0.459 e. The van der Waals surface area contributed by atoms with E-state index < -0.39 is 200 Å². The van der Waals surface area contributed by atoms with E-state index in [0.29, 0.717) is 5.57 Å². The summed E-state index contributed by atoms with van der Waals surface area (Å²) in [6.45, 7) is 20.0. The number of rotatable bonds is 30. The zero-order valence-corrected chi connectivity index (χ0v) is 64.1. The van der Waals surface area contributed by atoms with E-state index in [1.807, 2.05) is 0 Å². The normalized spacial score (nSPS) is 28.8. The van der Waals surface area contributed by atoms with Crippen molar-refractivity contribution in [2.45, 2.75) is 211 Å². The minimum atomic E-state index is -4.29. The summed E-state index contributed by atoms with van der Waals surface area (Å²) in [5.74, 6) is -4.01. The third kappa shape index (κ3) is 23.4. The number of aliphatic hydroxyl groups is 5. The van der Waals surface area contributed by atoms with Crippen molar-refractivity contribution in [3.63, 3.8) is 0 Å². The monoisotopic (exact) mass is 1580 g/mol. The number of aliphatic hydroxyl groups excluding tert-OH is 3. The van der Waals surface area contributed by atoms with Crippen LogP contribution >= 0.6 is 23.2 Å². The summed E-state index contributed by atoms with van der Waals surface area (Å²) in [6, 6.07) is 21.0. The van der Waals surface area contributed by atoms with Crippen LogP contribution in [0.1, 0.15) is 102 Å². The van der Waals surface area contributed by atoms with Crippen molar-refractivity contribution >= 4 is 70.4 Å². The van der Waals surface area contributed by atoms with E-state index in [4.69, 9.17) is 55.6 Å². The molecule has 0 radical (unpaired) electrons. The topological polar surface area (TPSA) is 445 Å². The Morgan fingerprint density at radius 1 is 0.481 bits per heavy atom. The molecule has 3 aromatic rings. The van der Waals surface area contributed by atoms with Crippen molar-refractivity contribution in [2.24, 2.45) is 0 Å². The van der Waals surface area contributed by atoms with E-state index >= 15 is 4.39 Å². The minimum absolute atomic E-state index is 0.0398. The number of allylic oxidation sites excluding steroid dienone is 3. The summed E-state index contributed by atoms with van der Waals surface area (Å²) >= 11 is 0. The number of alkyl halides is 1. The first-order valence-electron chi connectivity index (χ1n) is 34.2. The smallest absolute Gasteiger partial charge is 0.459 e. The Balaban J connectivity index is 0.000000226. The van der Waals surface area contributed by atoms with Gasteiger partial charge in [0.15, 0.2) is 35.9 Å². The van der Waals surface area contributed by atoms with Crippen molar-refractivity contribution in [1.29, 1.82) is 0 Å². The second-order valence-electron chi connectivity index (χ2n) is 27.1. The van der Waals surface area contributed by atoms with Crippen LogP contribution in [-0.2, 0) is 94.0 Å². The van der Waals surface area contributed by atoms with Crippen LogP contribution in [0.25, 0.3) is 0 Å². The van der Waals surface area contributed by atoms with Gasteiger partial charge < -0.3 is 67.5 Å². The van der Waals surface area contributed by atoms with E-state index in [0.717, 1.165) is 29.0 Å². The number of carbonyl (C=O) groups excluding carboxylic acids is 8. The second-order valence-corrected chi connectivity index (χ2v) is 32.2. The molecule has 3 saturated heterocycles. The molecule has 18 atom stereocenters. The molecular weight excluding hydrogens is 1480 g/mol. The molecule has 6 aliphatic heterocycles. The Kier molecular flexibility index (Phi) is 30.2. The first-order chi connectivity index (χ1) is 50.5. The Bertz CT molecular complexity index is 3530. The maximum absolute atomic E-state index is 15.5. The number of hydrogen-bond acceptors (Lipinski definition) is 28. The molecule has 594 valence electrons. The lowest BCUT2D eigenvalue weighted by atomic mass is 9.95. The molecule has 3 aromatic carbocycles. The van der Waals surface area contributed by atoms with Crippen LogP contribution in [0.15, 0.2) is 140 Å². The lowest BCUT2D eigenvalue weighted by Crippen LogP contribution is -2.54. The molecule has 0 spiro atoms. The lowest BCUT2D eigenvalue weighted by molar-refractivity contribution is -0.158. The highest BCUT2D eigenvalue weighted by molar-refractivity contribution is 7.52. The third-order valence-electron chi connectivity index (χ3n) is 16.5. The van der Waals surface area contributed by atoms with Gasteiger partial charge in [-0.2, -0.15) is 15.3 Å². The highest BCUT2D eigenvalue weighted by Gasteiger charge is 2.60. The van der Waals surface area contributed by atoms with Crippen molar-refractivity contribution in [3.05, 3.63) is 140 Å². The molecule has 6 heterocycles. The SMILES string of the molecule is C=C1C=CN([C@@H]2O[C@H](CO[P@@](=O)(N[C@@H](C)C(=O)OC(C)C)Oc3ccccc3)[C@@H](O)[C@@]2(C)O)C(=O)C1.CC(C)OC(=O)[C@H](C)N[P@](=O)(OC[C@H]1O[C@@H](N2C=CC(=O)CC2=O)[C@@](C)(O)[C@@H]1O)Oc1ccccc1.CC(C)OC(=O)[C@H](C)N[P@](=O)(OC[C@H]1O[C@@H](N2C=CC(=O)CC2=O)[C@](C)(F)[C@@H]1O)Oc1ccccc1. The summed E-state index contributed by atoms with van der Waals surface area (Å²) in [7, 11) is -12.8. The van der Waals surface area contributed by atoms with E-state index in [9.17, 15) is 77.6 Å². The second kappa shape index (κ2) is 37.3. The molecule has 0 unspecified atom stereocenters. The van der Waals surface area contributed by atoms with Crippen LogP contribution < -0.4 is 28.8 Å². The summed E-state index contributed by atoms with van der Waals surface area (Å²) < 4.78 is 122. The molecule has 3 amide bonds. The molecular formula is C70H94FN6O28P3. The number of carbonyl (C=O) groups is 8. The van der Waals surface area contributed by atoms with E-state index in [2.05, 4.69) is 21.8 Å². The number of nitrogens with one attached hydrogen (secondary N) is 3. The van der Waals surface area contributed by atoms with Crippen LogP contribution in [0.4, 0.5) is 4.39 Å². The van der Waals surface area contributed by atoms with Gasteiger partial charge in [-0.05, 0) is 143 Å². The van der Waals surface area contributed by atoms with Gasteiger partial charge in [-0.15, -0.1) is 0 Å². The molecule has 34 nitrogen and oxygen atoms in total. The standard InChI is InChI=1S/C24H33N2O9P.C23H30FN2O9P.C23H31N2O10P/c1-15(2)33-22(29)17(4)25-36(31,35-18-9-7-6-8-10-18)32-14-19-21(28)24(5,30)23(34-19)26-12-11-16(3)13-20(26)27;1-14(2)33-21(30)15(3)25-36(31,35-17-8-6-5-7-9-17)32-13-18-20(29)23(4,24)22(34-18)26-11-10-16(27)12-19(26)28;1-14(2)33-21(29)15(3)24-36(31,35-17-8-6-5-7-9-17)32-13-18-20(28)23(4,30)22(34-18)25-11-10-16(26)12-19(25)27/h6-12,15,17,19,21,23,28,30H,3,13-14H2,1-2,4-5H3,(H,25,31);5-11,14-15,18,20,22,29H,12-13H2,1-4H3,(H,25,31);5-11,14-15,18,20,22,28,30H,12-13H2,1-4H3,(H,24,31)/t17-,19+,21+,23+,24+,36-;15-,18+,20+,22+,23+,36-;15-,18+,20+,22+,23-,36-/m000/s1. The van der Waals surface area contributed by atoms with Gasteiger partial charge in [-0.3, -0.25) is 66.6 Å². The number of para-hydroxylation sites is 3. The van der Waals surface area contributed by atoms with E-state index in [1.54, 1.807) is 114 Å². The number of ether oxygens (including phenoxy) is 6. The van der Waals surface area contributed by atoms with Gasteiger partial charge in [-0.1, -0.05) is 61.2 Å². The Morgan fingerprint density at radius 2 is 0.759 bits per heavy atom. The van der Waals surface area contributed by atoms with Crippen LogP contribution in [0.2, 0.25) is 0 Å². The molecule has 8 N–H and O–H groups in total. The predicted octanol–water partition coefficient (Wildman–Crippen LogP) is 5.78. The number of amides is 3. The Labute approximate surface area is 623 Å². The molecule has 0 bridgehead atoms. The number of hydrogen-bond donors (Lipinski definition) is 8. The van der Waals surface area contributed by atoms with Crippen LogP contribution in [0.3, 0.4) is 0 Å². The van der Waals surface area contributed by atoms with Gasteiger partial charge in [0, 0.05) is 18.6 Å². The number of nitrogens with zero attached hydrogens (tertiary/aromatic N) is 3. The molecule has 0 saturated carbocycles. The average Bonchev–Trinajstić information content (AvgIpc) is 1.63. The summed E-state index contributed by atoms with van der Waals surface area (Å²) in [5, 5.41) is 61.4. The van der Waals surface area contributed by atoms with Gasteiger partial charge in [0.25, 0.3) is 0 Å². The van der Waals surface area contributed by atoms with Gasteiger partial charge >= 0.3 is 41.1 Å². The zero-order chi connectivity index (χ0) is 80.0. The van der Waals surface area contributed by atoms with Gasteiger partial charge in [-0.25, -0.2) is 18.1 Å². The van der Waals surface area contributed by atoms with Crippen molar-refractivity contribution < 1.29 is 138 Å². The fraction of sp³-hybridized carbons (Fsp3) is 0.514. The number of halogens is 1. The van der Waals surface area contributed by atoms with Crippen molar-refractivity contribution in [1.82, 2.24) is 30.0 Å². The number of benzene rings is 3. The first kappa shape index (κ1) is 87.5. The van der Waals surface area contributed by atoms with Crippen LogP contribution in [-0.4, -0.2) is 216 Å². The highest BCUT2D eigenvalue weighted by atomic mass is 31.2. The minimum Gasteiger partial charge on any atom is -0.462 e. The highest BCUT2D eigenvalue weighted by Crippen LogP contribution is 2.50. The molecule has 108 heavy (non-hydrogen) atoms. The van der Waals surface area contributed by atoms with Crippen LogP contribution in [0.5, 0.6) is 17.2 Å². The average molecular weight is 1580 g/mol. The largest absolute Gasteiger partial charge is 0.462 e. The number of esters is 3. The molecule has 3 fully saturated rings. The Hall–Kier alpha value is -7.76. The molecule has 6 aliphatic rings.